The SMILES string of the molecule is CC(C)O[Si](C)(OC(C)C)C(F)(F)C(F)(F)CCCCCCCC(F)(F)F. The lowest BCUT2D eigenvalue weighted by Crippen LogP contribution is -2.65. The van der Waals surface area contributed by atoms with Crippen LogP contribution in [0, 0.1) is 0 Å². The minimum atomic E-state index is -4.55. The van der Waals surface area contributed by atoms with Crippen molar-refractivity contribution in [3.63, 3.8) is 0 Å². The summed E-state index contributed by atoms with van der Waals surface area (Å²) in [4.78, 5) is 0. The third kappa shape index (κ3) is 9.12. The topological polar surface area (TPSA) is 18.5 Å². The minimum Gasteiger partial charge on any atom is -0.388 e. The molecule has 164 valence electrons. The van der Waals surface area contributed by atoms with Crippen LogP contribution < -0.4 is 0 Å². The predicted molar refractivity (Wildman–Crippen MR) is 92.3 cm³/mol. The molecule has 0 fully saturated rings. The lowest BCUT2D eigenvalue weighted by molar-refractivity contribution is -0.190. The maximum Gasteiger partial charge on any atom is 0.419 e. The fourth-order valence-electron chi connectivity index (χ4n) is 2.77. The van der Waals surface area contributed by atoms with Gasteiger partial charge < -0.3 is 8.85 Å². The molecule has 0 aliphatic carbocycles. The van der Waals surface area contributed by atoms with Crippen LogP contribution in [0.2, 0.25) is 6.55 Å². The molecule has 0 aromatic heterocycles. The van der Waals surface area contributed by atoms with Gasteiger partial charge >= 0.3 is 26.2 Å². The van der Waals surface area contributed by atoms with Crippen molar-refractivity contribution in [3.05, 3.63) is 0 Å². The van der Waals surface area contributed by atoms with Gasteiger partial charge in [0.1, 0.15) is 0 Å². The summed E-state index contributed by atoms with van der Waals surface area (Å²) < 4.78 is 104. The second-order valence-corrected chi connectivity index (χ2v) is 10.4. The molecule has 0 bridgehead atoms. The lowest BCUT2D eigenvalue weighted by Gasteiger charge is -2.40. The molecule has 0 unspecified atom stereocenters. The average Bonchev–Trinajstić information content (AvgIpc) is 2.42. The first-order valence-electron chi connectivity index (χ1n) is 9.22. The van der Waals surface area contributed by atoms with Gasteiger partial charge in [0.2, 0.25) is 0 Å². The highest BCUT2D eigenvalue weighted by Crippen LogP contribution is 2.46. The highest BCUT2D eigenvalue weighted by atomic mass is 28.4. The Morgan fingerprint density at radius 3 is 1.41 bits per heavy atom. The molecule has 0 spiro atoms. The summed E-state index contributed by atoms with van der Waals surface area (Å²) >= 11 is 0. The minimum absolute atomic E-state index is 0.0918. The second-order valence-electron chi connectivity index (χ2n) is 7.44. The lowest BCUT2D eigenvalue weighted by atomic mass is 10.1. The van der Waals surface area contributed by atoms with Crippen molar-refractivity contribution in [2.75, 3.05) is 0 Å². The van der Waals surface area contributed by atoms with Gasteiger partial charge in [-0.1, -0.05) is 19.3 Å². The van der Waals surface area contributed by atoms with Crippen molar-refractivity contribution < 1.29 is 39.6 Å². The summed E-state index contributed by atoms with van der Waals surface area (Å²) in [5, 5.41) is 0. The molecule has 27 heavy (non-hydrogen) atoms. The first-order chi connectivity index (χ1) is 12.0. The molecule has 0 aromatic carbocycles. The number of hydrogen-bond acceptors (Lipinski definition) is 2. The highest BCUT2D eigenvalue weighted by molar-refractivity contribution is 6.69. The zero-order valence-corrected chi connectivity index (χ0v) is 17.6. The molecule has 0 aliphatic rings. The van der Waals surface area contributed by atoms with E-state index in [2.05, 4.69) is 0 Å². The summed E-state index contributed by atoms with van der Waals surface area (Å²) in [7, 11) is -4.55. The second kappa shape index (κ2) is 10.4. The quantitative estimate of drug-likeness (QED) is 0.178. The number of unbranched alkanes of at least 4 members (excludes halogenated alkanes) is 4. The molecule has 0 saturated carbocycles. The third-order valence-electron chi connectivity index (χ3n) is 3.90. The van der Waals surface area contributed by atoms with E-state index in [9.17, 15) is 30.7 Å². The zero-order valence-electron chi connectivity index (χ0n) is 16.6. The molecule has 0 N–H and O–H groups in total. The van der Waals surface area contributed by atoms with Crippen LogP contribution in [0.25, 0.3) is 0 Å². The Balaban J connectivity index is 4.74. The molecule has 0 rings (SSSR count). The molecule has 0 aliphatic heterocycles. The Morgan fingerprint density at radius 1 is 0.667 bits per heavy atom. The molecule has 0 heterocycles. The van der Waals surface area contributed by atoms with Crippen LogP contribution in [0.1, 0.15) is 72.6 Å². The highest BCUT2D eigenvalue weighted by Gasteiger charge is 2.71. The van der Waals surface area contributed by atoms with Crippen LogP contribution in [-0.2, 0) is 8.85 Å². The van der Waals surface area contributed by atoms with Gasteiger partial charge in [0.05, 0.1) is 0 Å². The van der Waals surface area contributed by atoms with Crippen molar-refractivity contribution in [2.45, 2.75) is 109 Å². The van der Waals surface area contributed by atoms with Gasteiger partial charge in [0.15, 0.2) is 0 Å². The van der Waals surface area contributed by atoms with Gasteiger partial charge in [-0.05, 0) is 47.1 Å². The van der Waals surface area contributed by atoms with Crippen LogP contribution in [0.15, 0.2) is 0 Å². The summed E-state index contributed by atoms with van der Waals surface area (Å²) in [5.74, 6) is -4.32. The largest absolute Gasteiger partial charge is 0.419 e. The standard InChI is InChI=1S/C17H31F7O2Si/c1-13(2)25-27(5,26-14(3)4)17(23,24)15(18,19)11-9-7-6-8-10-12-16(20,21)22/h13-14H,6-12H2,1-5H3. The van der Waals surface area contributed by atoms with Crippen LogP contribution >= 0.6 is 0 Å². The maximum atomic E-state index is 14.7. The van der Waals surface area contributed by atoms with E-state index in [1.54, 1.807) is 0 Å². The molecule has 0 saturated heterocycles. The van der Waals surface area contributed by atoms with Gasteiger partial charge in [-0.3, -0.25) is 0 Å². The first-order valence-corrected chi connectivity index (χ1v) is 11.5. The summed E-state index contributed by atoms with van der Waals surface area (Å²) in [6, 6.07) is 0. The summed E-state index contributed by atoms with van der Waals surface area (Å²) in [5.41, 5.74) is -4.44. The van der Waals surface area contributed by atoms with Crippen LogP contribution in [-0.4, -0.2) is 38.4 Å². The molecule has 0 radical (unpaired) electrons. The van der Waals surface area contributed by atoms with Gasteiger partial charge in [0, 0.05) is 25.0 Å². The van der Waals surface area contributed by atoms with Gasteiger partial charge in [-0.15, -0.1) is 0 Å². The predicted octanol–water partition coefficient (Wildman–Crippen LogP) is 7.01. The Labute approximate surface area is 158 Å². The van der Waals surface area contributed by atoms with Crippen molar-refractivity contribution in [1.82, 2.24) is 0 Å². The molecule has 2 nitrogen and oxygen atoms in total. The van der Waals surface area contributed by atoms with Crippen LogP contribution in [0.4, 0.5) is 30.7 Å². The Hall–Kier alpha value is -0.353. The number of halogens is 7. The molecular formula is C17H31F7O2Si. The van der Waals surface area contributed by atoms with E-state index in [0.29, 0.717) is 0 Å². The monoisotopic (exact) mass is 428 g/mol. The average molecular weight is 429 g/mol. The smallest absolute Gasteiger partial charge is 0.388 e. The normalized spacial score (nSPS) is 14.4. The van der Waals surface area contributed by atoms with Gasteiger partial charge in [0.25, 0.3) is 0 Å². The molecule has 0 atom stereocenters. The van der Waals surface area contributed by atoms with Crippen molar-refractivity contribution in [2.24, 2.45) is 0 Å². The van der Waals surface area contributed by atoms with E-state index in [1.165, 1.54) is 27.7 Å². The van der Waals surface area contributed by atoms with Crippen molar-refractivity contribution in [3.8, 4) is 0 Å². The Bertz CT molecular complexity index is 416. The first kappa shape index (κ1) is 26.6. The van der Waals surface area contributed by atoms with Crippen LogP contribution in [0.5, 0.6) is 0 Å². The summed E-state index contributed by atoms with van der Waals surface area (Å²) in [6.45, 7) is 6.85. The third-order valence-corrected chi connectivity index (χ3v) is 7.25. The zero-order chi connectivity index (χ0) is 21.5. The summed E-state index contributed by atoms with van der Waals surface area (Å²) in [6.07, 6.45) is -7.25. The molecule has 0 amide bonds. The Kier molecular flexibility index (Phi) is 10.3. The fraction of sp³-hybridized carbons (Fsp3) is 1.00. The number of alkyl halides is 7. The van der Waals surface area contributed by atoms with Gasteiger partial charge in [-0.25, -0.2) is 8.78 Å². The van der Waals surface area contributed by atoms with E-state index in [4.69, 9.17) is 8.85 Å². The Morgan fingerprint density at radius 2 is 1.04 bits per heavy atom. The van der Waals surface area contributed by atoms with E-state index in [1.807, 2.05) is 0 Å². The van der Waals surface area contributed by atoms with E-state index in [0.717, 1.165) is 6.55 Å². The molecular weight excluding hydrogens is 397 g/mol. The molecule has 10 heteroatoms. The van der Waals surface area contributed by atoms with Crippen molar-refractivity contribution >= 4 is 8.56 Å². The van der Waals surface area contributed by atoms with Gasteiger partial charge in [-0.2, -0.15) is 22.0 Å². The van der Waals surface area contributed by atoms with Crippen LogP contribution in [0.3, 0.4) is 0 Å². The van der Waals surface area contributed by atoms with E-state index < -0.39 is 51.3 Å². The van der Waals surface area contributed by atoms with E-state index >= 15 is 0 Å². The van der Waals surface area contributed by atoms with Crippen molar-refractivity contribution in [1.29, 1.82) is 0 Å². The fourth-order valence-corrected chi connectivity index (χ4v) is 5.71. The molecule has 0 aromatic rings. The van der Waals surface area contributed by atoms with E-state index in [-0.39, 0.29) is 32.1 Å². The number of rotatable bonds is 13. The maximum absolute atomic E-state index is 14.7. The number of hydrogen-bond donors (Lipinski definition) is 0.